The fourth-order valence-electron chi connectivity index (χ4n) is 5.13. The Morgan fingerprint density at radius 2 is 1.00 bits per heavy atom. The second-order valence-electron chi connectivity index (χ2n) is 9.91. The van der Waals surface area contributed by atoms with Gasteiger partial charge in [0.05, 0.1) is 39.6 Å². The van der Waals surface area contributed by atoms with Crippen molar-refractivity contribution in [1.82, 2.24) is 19.6 Å². The standard InChI is InChI=1S/C30H21Cl3N6O3/c1-16-25-26-17(2)35-38(23-12-6-20(32)7-13-23)28(26)42-30(41-27(25)37(34-16)22-10-4-19(31)5-11-22)18(3)36-39(29(30)40)24-14-8-21(33)9-15-24/h4-15H,1-3H3. The van der Waals surface area contributed by atoms with Crippen molar-refractivity contribution in [3.05, 3.63) is 99.3 Å². The number of carbonyl (C=O) groups is 1. The third-order valence-corrected chi connectivity index (χ3v) is 7.94. The molecule has 0 fully saturated rings. The van der Waals surface area contributed by atoms with Crippen molar-refractivity contribution in [2.24, 2.45) is 5.10 Å². The Morgan fingerprint density at radius 3 is 1.40 bits per heavy atom. The molecule has 0 bridgehead atoms. The summed E-state index contributed by atoms with van der Waals surface area (Å²) in [4.78, 5) is 14.4. The van der Waals surface area contributed by atoms with Gasteiger partial charge < -0.3 is 9.47 Å². The Kier molecular flexibility index (Phi) is 6.09. The van der Waals surface area contributed by atoms with Gasteiger partial charge >= 0.3 is 11.7 Å². The van der Waals surface area contributed by atoms with Gasteiger partial charge in [-0.3, -0.25) is 4.79 Å². The molecule has 210 valence electrons. The molecule has 1 spiro atoms. The number of nitrogens with zero attached hydrogens (tertiary/aromatic N) is 6. The van der Waals surface area contributed by atoms with E-state index in [4.69, 9.17) is 54.5 Å². The summed E-state index contributed by atoms with van der Waals surface area (Å²) in [6.07, 6.45) is 0. The van der Waals surface area contributed by atoms with Crippen molar-refractivity contribution in [2.75, 3.05) is 5.01 Å². The number of ether oxygens (including phenoxy) is 2. The molecular formula is C30H21Cl3N6O3. The third kappa shape index (κ3) is 3.99. The predicted molar refractivity (Wildman–Crippen MR) is 162 cm³/mol. The lowest BCUT2D eigenvalue weighted by Crippen LogP contribution is -2.56. The number of halogens is 3. The molecule has 0 N–H and O–H groups in total. The molecule has 1 amide bonds. The van der Waals surface area contributed by atoms with Crippen LogP contribution >= 0.6 is 34.8 Å². The van der Waals surface area contributed by atoms with Crippen LogP contribution in [0.2, 0.25) is 15.1 Å². The van der Waals surface area contributed by atoms with Crippen molar-refractivity contribution in [3.63, 3.8) is 0 Å². The first-order valence-electron chi connectivity index (χ1n) is 12.9. The number of hydrazone groups is 1. The lowest BCUT2D eigenvalue weighted by atomic mass is 10.1. The molecule has 12 heteroatoms. The maximum atomic E-state index is 14.4. The second-order valence-corrected chi connectivity index (χ2v) is 11.2. The number of fused-ring (bicyclic) bond motifs is 3. The van der Waals surface area contributed by atoms with Crippen LogP contribution in [0.1, 0.15) is 18.3 Å². The van der Waals surface area contributed by atoms with Gasteiger partial charge in [0.15, 0.2) is 0 Å². The highest BCUT2D eigenvalue weighted by atomic mass is 35.5. The first kappa shape index (κ1) is 26.6. The number of rotatable bonds is 3. The van der Waals surface area contributed by atoms with Crippen LogP contribution in [0.5, 0.6) is 11.8 Å². The summed E-state index contributed by atoms with van der Waals surface area (Å²) in [5, 5.41) is 17.2. The van der Waals surface area contributed by atoms with Crippen LogP contribution in [-0.2, 0) is 4.79 Å². The van der Waals surface area contributed by atoms with Crippen LogP contribution in [0.3, 0.4) is 0 Å². The fourth-order valence-corrected chi connectivity index (χ4v) is 5.51. The van der Waals surface area contributed by atoms with E-state index in [0.717, 1.165) is 0 Å². The highest BCUT2D eigenvalue weighted by molar-refractivity contribution is 6.31. The van der Waals surface area contributed by atoms with E-state index in [9.17, 15) is 4.79 Å². The van der Waals surface area contributed by atoms with Crippen LogP contribution in [-0.4, -0.2) is 37.0 Å². The Bertz CT molecular complexity index is 1810. The van der Waals surface area contributed by atoms with E-state index in [1.165, 1.54) is 5.01 Å². The minimum Gasteiger partial charge on any atom is -0.421 e. The zero-order valence-electron chi connectivity index (χ0n) is 22.5. The fraction of sp³-hybridized carbons (Fsp3) is 0.133. The number of aromatic nitrogens is 4. The number of hydrogen-bond donors (Lipinski definition) is 0. The van der Waals surface area contributed by atoms with E-state index in [0.29, 0.717) is 66.4 Å². The summed E-state index contributed by atoms with van der Waals surface area (Å²) >= 11 is 18.5. The molecule has 5 aromatic rings. The Balaban J connectivity index is 1.49. The zero-order valence-corrected chi connectivity index (χ0v) is 24.7. The molecule has 0 aliphatic carbocycles. The molecule has 0 saturated heterocycles. The maximum Gasteiger partial charge on any atom is 0.380 e. The number of aryl methyl sites for hydroxylation is 2. The summed E-state index contributed by atoms with van der Waals surface area (Å²) in [5.74, 6) is -1.93. The van der Waals surface area contributed by atoms with E-state index in [1.54, 1.807) is 64.8 Å². The molecule has 2 aliphatic rings. The average Bonchev–Trinajstić information content (AvgIpc) is 3.49. The highest BCUT2D eigenvalue weighted by Crippen LogP contribution is 2.49. The number of benzene rings is 3. The molecular weight excluding hydrogens is 599 g/mol. The van der Waals surface area contributed by atoms with Crippen molar-refractivity contribution < 1.29 is 14.3 Å². The quantitative estimate of drug-likeness (QED) is 0.213. The van der Waals surface area contributed by atoms with Gasteiger partial charge in [0.25, 0.3) is 0 Å². The van der Waals surface area contributed by atoms with Gasteiger partial charge in [-0.05, 0) is 93.6 Å². The van der Waals surface area contributed by atoms with Gasteiger partial charge in [0, 0.05) is 15.1 Å². The van der Waals surface area contributed by atoms with Gasteiger partial charge in [-0.15, -0.1) is 0 Å². The van der Waals surface area contributed by atoms with E-state index in [-0.39, 0.29) is 5.71 Å². The monoisotopic (exact) mass is 618 g/mol. The molecule has 3 aromatic carbocycles. The van der Waals surface area contributed by atoms with Crippen LogP contribution in [0, 0.1) is 13.8 Å². The topological polar surface area (TPSA) is 86.8 Å². The van der Waals surface area contributed by atoms with Gasteiger partial charge in [-0.25, -0.2) is 9.36 Å². The smallest absolute Gasteiger partial charge is 0.380 e. The minimum atomic E-state index is -1.98. The molecule has 0 unspecified atom stereocenters. The maximum absolute atomic E-state index is 14.4. The van der Waals surface area contributed by atoms with E-state index in [1.807, 2.05) is 38.1 Å². The van der Waals surface area contributed by atoms with Crippen molar-refractivity contribution in [3.8, 4) is 34.3 Å². The summed E-state index contributed by atoms with van der Waals surface area (Å²) in [6, 6.07) is 21.1. The van der Waals surface area contributed by atoms with Crippen molar-refractivity contribution >= 4 is 52.1 Å². The lowest BCUT2D eigenvalue weighted by molar-refractivity contribution is -0.146. The van der Waals surface area contributed by atoms with Crippen LogP contribution in [0.15, 0.2) is 77.9 Å². The Morgan fingerprint density at radius 1 is 0.619 bits per heavy atom. The lowest BCUT2D eigenvalue weighted by Gasteiger charge is -2.28. The van der Waals surface area contributed by atoms with Gasteiger partial charge in [0.1, 0.15) is 5.71 Å². The van der Waals surface area contributed by atoms with Crippen LogP contribution in [0.4, 0.5) is 5.69 Å². The molecule has 0 radical (unpaired) electrons. The number of amides is 1. The normalized spacial score (nSPS) is 15.1. The number of anilines is 1. The minimum absolute atomic E-state index is 0.282. The first-order valence-corrected chi connectivity index (χ1v) is 14.0. The largest absolute Gasteiger partial charge is 0.421 e. The van der Waals surface area contributed by atoms with Crippen molar-refractivity contribution in [2.45, 2.75) is 26.6 Å². The van der Waals surface area contributed by atoms with Crippen LogP contribution < -0.4 is 14.5 Å². The first-order chi connectivity index (χ1) is 20.2. The molecule has 0 saturated carbocycles. The molecule has 4 heterocycles. The molecule has 0 atom stereocenters. The summed E-state index contributed by atoms with van der Waals surface area (Å²) in [6.45, 7) is 5.42. The van der Waals surface area contributed by atoms with E-state index < -0.39 is 11.7 Å². The van der Waals surface area contributed by atoms with E-state index >= 15 is 0 Å². The third-order valence-electron chi connectivity index (χ3n) is 7.18. The zero-order chi connectivity index (χ0) is 29.3. The second kappa shape index (κ2) is 9.62. The highest BCUT2D eigenvalue weighted by Gasteiger charge is 2.59. The number of hydrogen-bond acceptors (Lipinski definition) is 6. The van der Waals surface area contributed by atoms with Crippen molar-refractivity contribution in [1.29, 1.82) is 0 Å². The summed E-state index contributed by atoms with van der Waals surface area (Å²) in [5.41, 5.74) is 4.72. The number of carbonyl (C=O) groups excluding carboxylic acids is 1. The van der Waals surface area contributed by atoms with Gasteiger partial charge in [-0.2, -0.15) is 20.3 Å². The Hall–Kier alpha value is -4.31. The van der Waals surface area contributed by atoms with Gasteiger partial charge in [0.2, 0.25) is 11.8 Å². The predicted octanol–water partition coefficient (Wildman–Crippen LogP) is 7.19. The molecule has 2 aromatic heterocycles. The molecule has 42 heavy (non-hydrogen) atoms. The summed E-state index contributed by atoms with van der Waals surface area (Å²) < 4.78 is 16.6. The molecule has 2 aliphatic heterocycles. The van der Waals surface area contributed by atoms with Gasteiger partial charge in [-0.1, -0.05) is 34.8 Å². The summed E-state index contributed by atoms with van der Waals surface area (Å²) in [7, 11) is 0. The van der Waals surface area contributed by atoms with Crippen LogP contribution in [0.25, 0.3) is 22.5 Å². The molecule has 7 rings (SSSR count). The SMILES string of the molecule is CC1=NN(c2ccc(Cl)cc2)C(=O)C12Oc1c(c(C)nn1-c1ccc(Cl)cc1)-c1c(C)nn(-c3ccc(Cl)cc3)c1O2. The van der Waals surface area contributed by atoms with E-state index in [2.05, 4.69) is 5.10 Å². The average molecular weight is 620 g/mol. The Labute approximate surface area is 255 Å². The molecule has 9 nitrogen and oxygen atoms in total.